The van der Waals surface area contributed by atoms with Crippen molar-refractivity contribution in [3.63, 3.8) is 0 Å². The van der Waals surface area contributed by atoms with Crippen LogP contribution in [0.3, 0.4) is 0 Å². The van der Waals surface area contributed by atoms with E-state index in [9.17, 15) is 4.79 Å². The second-order valence-corrected chi connectivity index (χ2v) is 5.27. The number of ether oxygens (including phenoxy) is 1. The molecule has 2 aromatic carbocycles. The van der Waals surface area contributed by atoms with Crippen molar-refractivity contribution in [2.75, 3.05) is 13.7 Å². The van der Waals surface area contributed by atoms with Crippen LogP contribution in [0.15, 0.2) is 46.9 Å². The Morgan fingerprint density at radius 1 is 1.26 bits per heavy atom. The van der Waals surface area contributed by atoms with E-state index in [0.717, 1.165) is 23.1 Å². The Morgan fingerprint density at radius 3 is 2.96 bits per heavy atom. The maximum Gasteiger partial charge on any atom is 0.251 e. The fourth-order valence-corrected chi connectivity index (χ4v) is 2.43. The predicted molar refractivity (Wildman–Crippen MR) is 87.8 cm³/mol. The topological polar surface area (TPSA) is 64.4 Å². The molecule has 0 aliphatic heterocycles. The number of oxazole rings is 1. The van der Waals surface area contributed by atoms with Gasteiger partial charge in [-0.3, -0.25) is 4.79 Å². The molecule has 0 bridgehead atoms. The van der Waals surface area contributed by atoms with Crippen molar-refractivity contribution in [2.24, 2.45) is 0 Å². The molecule has 1 N–H and O–H groups in total. The van der Waals surface area contributed by atoms with E-state index in [4.69, 9.17) is 9.15 Å². The third kappa shape index (κ3) is 3.51. The van der Waals surface area contributed by atoms with Crippen LogP contribution in [-0.2, 0) is 6.42 Å². The number of benzene rings is 2. The largest absolute Gasteiger partial charge is 0.497 e. The Morgan fingerprint density at radius 2 is 2.13 bits per heavy atom. The zero-order chi connectivity index (χ0) is 16.2. The highest BCUT2D eigenvalue weighted by molar-refractivity contribution is 5.94. The minimum absolute atomic E-state index is 0.111. The van der Waals surface area contributed by atoms with Gasteiger partial charge in [-0.1, -0.05) is 12.1 Å². The molecule has 0 unspecified atom stereocenters. The fourth-order valence-electron chi connectivity index (χ4n) is 2.43. The number of nitrogens with one attached hydrogen (secondary N) is 1. The van der Waals surface area contributed by atoms with Crippen LogP contribution in [0, 0.1) is 6.92 Å². The lowest BCUT2D eigenvalue weighted by Gasteiger charge is -2.07. The molecule has 3 aromatic rings. The van der Waals surface area contributed by atoms with Crippen molar-refractivity contribution < 1.29 is 13.9 Å². The van der Waals surface area contributed by atoms with Gasteiger partial charge >= 0.3 is 0 Å². The van der Waals surface area contributed by atoms with Crippen LogP contribution < -0.4 is 10.1 Å². The second kappa shape index (κ2) is 6.52. The van der Waals surface area contributed by atoms with Gasteiger partial charge in [0.05, 0.1) is 7.11 Å². The first-order valence-corrected chi connectivity index (χ1v) is 7.44. The summed E-state index contributed by atoms with van der Waals surface area (Å²) in [5.74, 6) is 1.22. The molecule has 0 spiro atoms. The van der Waals surface area contributed by atoms with E-state index in [1.165, 1.54) is 0 Å². The summed E-state index contributed by atoms with van der Waals surface area (Å²) in [6.45, 7) is 2.38. The molecule has 0 aliphatic carbocycles. The molecular weight excluding hydrogens is 292 g/mol. The normalized spacial score (nSPS) is 10.7. The number of carbonyl (C=O) groups excluding carboxylic acids is 1. The van der Waals surface area contributed by atoms with Crippen molar-refractivity contribution >= 4 is 17.0 Å². The van der Waals surface area contributed by atoms with Gasteiger partial charge in [0, 0.05) is 19.0 Å². The molecule has 5 heteroatoms. The quantitative estimate of drug-likeness (QED) is 0.786. The van der Waals surface area contributed by atoms with Crippen molar-refractivity contribution in [1.29, 1.82) is 0 Å². The van der Waals surface area contributed by atoms with Gasteiger partial charge in [0.25, 0.3) is 5.91 Å². The molecule has 0 saturated carbocycles. The van der Waals surface area contributed by atoms with Crippen LogP contribution in [-0.4, -0.2) is 24.5 Å². The highest BCUT2D eigenvalue weighted by Crippen LogP contribution is 2.17. The molecule has 1 heterocycles. The van der Waals surface area contributed by atoms with E-state index in [0.29, 0.717) is 23.7 Å². The smallest absolute Gasteiger partial charge is 0.251 e. The van der Waals surface area contributed by atoms with Crippen LogP contribution in [0.1, 0.15) is 21.8 Å². The molecule has 0 atom stereocenters. The highest BCUT2D eigenvalue weighted by atomic mass is 16.5. The lowest BCUT2D eigenvalue weighted by molar-refractivity contribution is 0.0954. The molecule has 1 aromatic heterocycles. The predicted octanol–water partition coefficient (Wildman–Crippen LogP) is 3.12. The monoisotopic (exact) mass is 310 g/mol. The molecular formula is C18H18N2O3. The summed E-state index contributed by atoms with van der Waals surface area (Å²) in [4.78, 5) is 16.4. The summed E-state index contributed by atoms with van der Waals surface area (Å²) in [6, 6.07) is 13.0. The minimum Gasteiger partial charge on any atom is -0.497 e. The van der Waals surface area contributed by atoms with E-state index in [1.807, 2.05) is 31.2 Å². The van der Waals surface area contributed by atoms with Gasteiger partial charge in [-0.15, -0.1) is 0 Å². The third-order valence-corrected chi connectivity index (χ3v) is 3.59. The number of amides is 1. The lowest BCUT2D eigenvalue weighted by atomic mass is 10.1. The summed E-state index contributed by atoms with van der Waals surface area (Å²) in [5, 5.41) is 2.91. The van der Waals surface area contributed by atoms with Crippen LogP contribution >= 0.6 is 0 Å². The van der Waals surface area contributed by atoms with Crippen molar-refractivity contribution in [1.82, 2.24) is 10.3 Å². The zero-order valence-electron chi connectivity index (χ0n) is 13.1. The minimum atomic E-state index is -0.111. The summed E-state index contributed by atoms with van der Waals surface area (Å²) in [6.07, 6.45) is 0.728. The van der Waals surface area contributed by atoms with Gasteiger partial charge in [-0.05, 0) is 42.3 Å². The number of rotatable bonds is 5. The van der Waals surface area contributed by atoms with Gasteiger partial charge in [0.15, 0.2) is 11.5 Å². The van der Waals surface area contributed by atoms with E-state index >= 15 is 0 Å². The van der Waals surface area contributed by atoms with E-state index in [1.54, 1.807) is 25.3 Å². The summed E-state index contributed by atoms with van der Waals surface area (Å²) in [7, 11) is 1.58. The third-order valence-electron chi connectivity index (χ3n) is 3.59. The van der Waals surface area contributed by atoms with Gasteiger partial charge in [0.2, 0.25) is 0 Å². The highest BCUT2D eigenvalue weighted by Gasteiger charge is 2.07. The fraction of sp³-hybridized carbons (Fsp3) is 0.222. The molecule has 1 amide bonds. The molecule has 0 aliphatic rings. The molecule has 0 saturated heterocycles. The average molecular weight is 310 g/mol. The molecule has 0 fully saturated rings. The van der Waals surface area contributed by atoms with Crippen LogP contribution in [0.25, 0.3) is 11.1 Å². The Balaban J connectivity index is 1.60. The number of carbonyl (C=O) groups is 1. The SMILES string of the molecule is COc1cccc(C(=O)NCCc2ccc3nc(C)oc3c2)c1. The van der Waals surface area contributed by atoms with Gasteiger partial charge < -0.3 is 14.5 Å². The van der Waals surface area contributed by atoms with E-state index in [2.05, 4.69) is 10.3 Å². The van der Waals surface area contributed by atoms with Crippen molar-refractivity contribution in [2.45, 2.75) is 13.3 Å². The first-order chi connectivity index (χ1) is 11.2. The summed E-state index contributed by atoms with van der Waals surface area (Å²) < 4.78 is 10.6. The van der Waals surface area contributed by atoms with Crippen molar-refractivity contribution in [3.05, 3.63) is 59.5 Å². The Kier molecular flexibility index (Phi) is 4.28. The van der Waals surface area contributed by atoms with Crippen LogP contribution in [0.2, 0.25) is 0 Å². The van der Waals surface area contributed by atoms with E-state index in [-0.39, 0.29) is 5.91 Å². The molecule has 118 valence electrons. The number of hydrogen-bond acceptors (Lipinski definition) is 4. The lowest BCUT2D eigenvalue weighted by Crippen LogP contribution is -2.25. The Labute approximate surface area is 134 Å². The van der Waals surface area contributed by atoms with Gasteiger partial charge in [0.1, 0.15) is 11.3 Å². The second-order valence-electron chi connectivity index (χ2n) is 5.27. The summed E-state index contributed by atoms with van der Waals surface area (Å²) in [5.41, 5.74) is 3.32. The molecule has 5 nitrogen and oxygen atoms in total. The van der Waals surface area contributed by atoms with Crippen molar-refractivity contribution in [3.8, 4) is 5.75 Å². The number of aryl methyl sites for hydroxylation is 1. The molecule has 3 rings (SSSR count). The summed E-state index contributed by atoms with van der Waals surface area (Å²) >= 11 is 0. The Hall–Kier alpha value is -2.82. The Bertz CT molecular complexity index is 839. The van der Waals surface area contributed by atoms with E-state index < -0.39 is 0 Å². The maximum absolute atomic E-state index is 12.1. The maximum atomic E-state index is 12.1. The molecule has 0 radical (unpaired) electrons. The standard InChI is InChI=1S/C18H18N2O3/c1-12-20-16-7-6-13(10-17(16)23-12)8-9-19-18(21)14-4-3-5-15(11-14)22-2/h3-7,10-11H,8-9H2,1-2H3,(H,19,21). The van der Waals surface area contributed by atoms with Crippen LogP contribution in [0.5, 0.6) is 5.75 Å². The number of aromatic nitrogens is 1. The average Bonchev–Trinajstić information content (AvgIpc) is 2.94. The van der Waals surface area contributed by atoms with Crippen LogP contribution in [0.4, 0.5) is 0 Å². The zero-order valence-corrected chi connectivity index (χ0v) is 13.1. The number of hydrogen-bond donors (Lipinski definition) is 1. The number of methoxy groups -OCH3 is 1. The molecule has 23 heavy (non-hydrogen) atoms. The number of fused-ring (bicyclic) bond motifs is 1. The van der Waals surface area contributed by atoms with Gasteiger partial charge in [-0.25, -0.2) is 4.98 Å². The van der Waals surface area contributed by atoms with Gasteiger partial charge in [-0.2, -0.15) is 0 Å². The first kappa shape index (κ1) is 15.1. The number of nitrogens with zero attached hydrogens (tertiary/aromatic N) is 1. The first-order valence-electron chi connectivity index (χ1n) is 7.44.